The first-order valence-corrected chi connectivity index (χ1v) is 6.90. The van der Waals surface area contributed by atoms with E-state index in [1.54, 1.807) is 6.07 Å². The molecule has 1 aromatic rings. The van der Waals surface area contributed by atoms with Gasteiger partial charge in [-0.05, 0) is 40.4 Å². The molecule has 1 unspecified atom stereocenters. The number of aryl methyl sites for hydroxylation is 1. The highest BCUT2D eigenvalue weighted by Gasteiger charge is 2.29. The second kappa shape index (κ2) is 5.59. The van der Waals surface area contributed by atoms with Crippen LogP contribution in [0.5, 0.6) is 0 Å². The number of rotatable bonds is 2. The molecule has 1 aliphatic rings. The minimum absolute atomic E-state index is 0.102. The first-order chi connectivity index (χ1) is 9.45. The number of nitrogens with zero attached hydrogens (tertiary/aromatic N) is 3. The summed E-state index contributed by atoms with van der Waals surface area (Å²) in [4.78, 5) is 24.1. The molecule has 0 spiro atoms. The van der Waals surface area contributed by atoms with Crippen LogP contribution in [0.15, 0.2) is 16.6 Å². The lowest BCUT2D eigenvalue weighted by Crippen LogP contribution is -2.34. The maximum atomic E-state index is 12.3. The second-order valence-electron chi connectivity index (χ2n) is 4.71. The molecule has 0 aliphatic carbocycles. The number of hydrogen-bond donors (Lipinski definition) is 0. The lowest BCUT2D eigenvalue weighted by atomic mass is 10.0. The molecule has 0 N–H and O–H groups in total. The van der Waals surface area contributed by atoms with E-state index >= 15 is 0 Å². The number of halogens is 1. The van der Waals surface area contributed by atoms with Crippen molar-refractivity contribution in [3.05, 3.63) is 32.3 Å². The van der Waals surface area contributed by atoms with Gasteiger partial charge in [-0.25, -0.2) is 0 Å². The number of fused-ring (bicyclic) bond motifs is 1. The molecule has 1 heterocycles. The SMILES string of the molecule is CC1CCc2cc(Br)c([N+](=O)[O-])cc2N(CC#N)C1=O. The summed E-state index contributed by atoms with van der Waals surface area (Å²) in [6.45, 7) is 1.71. The summed E-state index contributed by atoms with van der Waals surface area (Å²) < 4.78 is 0.389. The van der Waals surface area contributed by atoms with E-state index in [4.69, 9.17) is 5.26 Å². The summed E-state index contributed by atoms with van der Waals surface area (Å²) in [5.74, 6) is -0.365. The molecule has 2 rings (SSSR count). The first kappa shape index (κ1) is 14.5. The molecule has 0 radical (unpaired) electrons. The van der Waals surface area contributed by atoms with E-state index in [1.165, 1.54) is 11.0 Å². The summed E-state index contributed by atoms with van der Waals surface area (Å²) in [5.41, 5.74) is 1.21. The van der Waals surface area contributed by atoms with E-state index in [2.05, 4.69) is 15.9 Å². The van der Waals surface area contributed by atoms with E-state index in [9.17, 15) is 14.9 Å². The van der Waals surface area contributed by atoms with Crippen LogP contribution in [0.4, 0.5) is 11.4 Å². The summed E-state index contributed by atoms with van der Waals surface area (Å²) in [6.07, 6.45) is 1.32. The predicted molar refractivity (Wildman–Crippen MR) is 76.2 cm³/mol. The topological polar surface area (TPSA) is 87.2 Å². The molecule has 0 bridgehead atoms. The molecule has 7 heteroatoms. The fourth-order valence-corrected chi connectivity index (χ4v) is 2.83. The molecule has 0 saturated carbocycles. The fourth-order valence-electron chi connectivity index (χ4n) is 2.30. The molecule has 1 aliphatic heterocycles. The van der Waals surface area contributed by atoms with Crippen molar-refractivity contribution in [1.29, 1.82) is 5.26 Å². The van der Waals surface area contributed by atoms with Crippen molar-refractivity contribution < 1.29 is 9.72 Å². The lowest BCUT2D eigenvalue weighted by Gasteiger charge is -2.21. The number of carbonyl (C=O) groups is 1. The zero-order chi connectivity index (χ0) is 14.9. The number of benzene rings is 1. The summed E-state index contributed by atoms with van der Waals surface area (Å²) in [6, 6.07) is 4.98. The van der Waals surface area contributed by atoms with Gasteiger partial charge >= 0.3 is 0 Å². The third-order valence-corrected chi connectivity index (χ3v) is 4.03. The van der Waals surface area contributed by atoms with Crippen molar-refractivity contribution in [3.63, 3.8) is 0 Å². The largest absolute Gasteiger partial charge is 0.298 e. The van der Waals surface area contributed by atoms with Gasteiger partial charge in [0.1, 0.15) is 6.54 Å². The molecule has 1 atom stereocenters. The molecule has 104 valence electrons. The number of nitro benzene ring substituents is 1. The van der Waals surface area contributed by atoms with Gasteiger partial charge in [-0.2, -0.15) is 5.26 Å². The lowest BCUT2D eigenvalue weighted by molar-refractivity contribution is -0.385. The smallest absolute Gasteiger partial charge is 0.285 e. The Labute approximate surface area is 124 Å². The Hall–Kier alpha value is -1.94. The van der Waals surface area contributed by atoms with Gasteiger partial charge < -0.3 is 0 Å². The van der Waals surface area contributed by atoms with Crippen LogP contribution >= 0.6 is 15.9 Å². The maximum absolute atomic E-state index is 12.3. The average Bonchev–Trinajstić information content (AvgIpc) is 2.50. The van der Waals surface area contributed by atoms with Crippen molar-refractivity contribution in [3.8, 4) is 6.07 Å². The summed E-state index contributed by atoms with van der Waals surface area (Å²) >= 11 is 3.18. The fraction of sp³-hybridized carbons (Fsp3) is 0.385. The van der Waals surface area contributed by atoms with Gasteiger partial charge in [0, 0.05) is 12.0 Å². The standard InChI is InChI=1S/C13H12BrN3O3/c1-8-2-3-9-6-10(14)12(17(19)20)7-11(9)16(5-4-15)13(8)18/h6-8H,2-3,5H2,1H3. The van der Waals surface area contributed by atoms with Gasteiger partial charge in [-0.3, -0.25) is 19.8 Å². The van der Waals surface area contributed by atoms with E-state index in [0.29, 0.717) is 23.0 Å². The Morgan fingerprint density at radius 1 is 1.60 bits per heavy atom. The van der Waals surface area contributed by atoms with Crippen molar-refractivity contribution in [2.75, 3.05) is 11.4 Å². The van der Waals surface area contributed by atoms with Gasteiger partial charge in [0.2, 0.25) is 5.91 Å². The number of nitro groups is 1. The van der Waals surface area contributed by atoms with Crippen molar-refractivity contribution in [2.24, 2.45) is 5.92 Å². The Bertz CT molecular complexity index is 624. The molecule has 0 saturated heterocycles. The van der Waals surface area contributed by atoms with Crippen LogP contribution in [0.1, 0.15) is 18.9 Å². The molecule has 20 heavy (non-hydrogen) atoms. The Morgan fingerprint density at radius 2 is 2.30 bits per heavy atom. The normalized spacial score (nSPS) is 18.1. The number of nitriles is 1. The van der Waals surface area contributed by atoms with E-state index in [1.807, 2.05) is 13.0 Å². The average molecular weight is 338 g/mol. The van der Waals surface area contributed by atoms with Crippen LogP contribution in [-0.4, -0.2) is 17.4 Å². The third-order valence-electron chi connectivity index (χ3n) is 3.40. The van der Waals surface area contributed by atoms with Crippen molar-refractivity contribution in [1.82, 2.24) is 0 Å². The quantitative estimate of drug-likeness (QED) is 0.471. The van der Waals surface area contributed by atoms with Crippen LogP contribution in [0.25, 0.3) is 0 Å². The third kappa shape index (κ3) is 2.51. The van der Waals surface area contributed by atoms with Crippen LogP contribution in [0, 0.1) is 27.4 Å². The number of hydrogen-bond acceptors (Lipinski definition) is 4. The zero-order valence-corrected chi connectivity index (χ0v) is 12.4. The molecule has 1 aromatic carbocycles. The number of carbonyl (C=O) groups excluding carboxylic acids is 1. The highest BCUT2D eigenvalue weighted by Crippen LogP contribution is 2.36. The van der Waals surface area contributed by atoms with E-state index < -0.39 is 4.92 Å². The first-order valence-electron chi connectivity index (χ1n) is 6.10. The van der Waals surface area contributed by atoms with Gasteiger partial charge in [-0.1, -0.05) is 6.92 Å². The number of anilines is 1. The molecular formula is C13H12BrN3O3. The zero-order valence-electron chi connectivity index (χ0n) is 10.8. The van der Waals surface area contributed by atoms with Gasteiger partial charge in [0.25, 0.3) is 5.69 Å². The molecule has 1 amide bonds. The maximum Gasteiger partial charge on any atom is 0.285 e. The Morgan fingerprint density at radius 3 is 2.90 bits per heavy atom. The minimum atomic E-state index is -0.506. The highest BCUT2D eigenvalue weighted by atomic mass is 79.9. The van der Waals surface area contributed by atoms with Crippen LogP contribution < -0.4 is 4.90 Å². The summed E-state index contributed by atoms with van der Waals surface area (Å²) in [7, 11) is 0. The Balaban J connectivity index is 2.61. The van der Waals surface area contributed by atoms with E-state index in [-0.39, 0.29) is 24.1 Å². The van der Waals surface area contributed by atoms with E-state index in [0.717, 1.165) is 5.56 Å². The van der Waals surface area contributed by atoms with Crippen LogP contribution in [0.3, 0.4) is 0 Å². The van der Waals surface area contributed by atoms with Gasteiger partial charge in [-0.15, -0.1) is 0 Å². The molecule has 0 fully saturated rings. The highest BCUT2D eigenvalue weighted by molar-refractivity contribution is 9.10. The minimum Gasteiger partial charge on any atom is -0.298 e. The molecule has 0 aromatic heterocycles. The predicted octanol–water partition coefficient (Wildman–Crippen LogP) is 2.80. The van der Waals surface area contributed by atoms with Gasteiger partial charge in [0.15, 0.2) is 0 Å². The second-order valence-corrected chi connectivity index (χ2v) is 5.57. The van der Waals surface area contributed by atoms with Crippen LogP contribution in [-0.2, 0) is 11.2 Å². The molecular weight excluding hydrogens is 326 g/mol. The molecule has 6 nitrogen and oxygen atoms in total. The Kier molecular flexibility index (Phi) is 4.04. The monoisotopic (exact) mass is 337 g/mol. The summed E-state index contributed by atoms with van der Waals surface area (Å²) in [5, 5.41) is 19.9. The van der Waals surface area contributed by atoms with Crippen molar-refractivity contribution >= 4 is 33.2 Å². The number of amides is 1. The van der Waals surface area contributed by atoms with Crippen LogP contribution in [0.2, 0.25) is 0 Å². The van der Waals surface area contributed by atoms with Crippen molar-refractivity contribution in [2.45, 2.75) is 19.8 Å². The van der Waals surface area contributed by atoms with Gasteiger partial charge in [0.05, 0.1) is 21.2 Å².